The van der Waals surface area contributed by atoms with Crippen LogP contribution < -0.4 is 5.32 Å². The lowest BCUT2D eigenvalue weighted by molar-refractivity contribution is 0.519. The van der Waals surface area contributed by atoms with Crippen molar-refractivity contribution in [1.82, 2.24) is 14.9 Å². The zero-order chi connectivity index (χ0) is 9.52. The van der Waals surface area contributed by atoms with Gasteiger partial charge in [0, 0.05) is 11.8 Å². The highest BCUT2D eigenvalue weighted by atomic mass is 32.1. The Morgan fingerprint density at radius 3 is 3.15 bits per heavy atom. The van der Waals surface area contributed by atoms with Crippen LogP contribution >= 0.6 is 11.5 Å². The molecule has 1 unspecified atom stereocenters. The van der Waals surface area contributed by atoms with Crippen molar-refractivity contribution in [2.45, 2.75) is 25.3 Å². The largest absolute Gasteiger partial charge is 0.312 e. The van der Waals surface area contributed by atoms with Gasteiger partial charge < -0.3 is 5.32 Å². The molecule has 1 N–H and O–H groups in total. The van der Waals surface area contributed by atoms with E-state index >= 15 is 0 Å². The van der Waals surface area contributed by atoms with Crippen LogP contribution in [0.4, 0.5) is 0 Å². The van der Waals surface area contributed by atoms with E-state index in [-0.39, 0.29) is 0 Å². The number of rotatable bonds is 5. The molecule has 0 aromatic carbocycles. The van der Waals surface area contributed by atoms with E-state index in [0.29, 0.717) is 6.04 Å². The molecule has 0 amide bonds. The van der Waals surface area contributed by atoms with Crippen molar-refractivity contribution in [3.8, 4) is 12.3 Å². The van der Waals surface area contributed by atoms with Crippen LogP contribution in [-0.2, 0) is 0 Å². The smallest absolute Gasteiger partial charge is 0.0924 e. The molecule has 13 heavy (non-hydrogen) atoms. The van der Waals surface area contributed by atoms with Crippen molar-refractivity contribution in [3.05, 3.63) is 11.1 Å². The zero-order valence-electron chi connectivity index (χ0n) is 7.66. The predicted octanol–water partition coefficient (Wildman–Crippen LogP) is 1.60. The van der Waals surface area contributed by atoms with Gasteiger partial charge in [-0.1, -0.05) is 4.49 Å². The van der Waals surface area contributed by atoms with E-state index in [9.17, 15) is 0 Å². The minimum absolute atomic E-state index is 0.298. The second-order valence-electron chi connectivity index (χ2n) is 2.77. The Morgan fingerprint density at radius 1 is 1.77 bits per heavy atom. The summed E-state index contributed by atoms with van der Waals surface area (Å²) in [5.74, 6) is 2.63. The van der Waals surface area contributed by atoms with Gasteiger partial charge in [0.1, 0.15) is 0 Å². The van der Waals surface area contributed by atoms with Gasteiger partial charge in [0.2, 0.25) is 0 Å². The third-order valence-corrected chi connectivity index (χ3v) is 2.42. The fourth-order valence-electron chi connectivity index (χ4n) is 1.17. The van der Waals surface area contributed by atoms with Crippen molar-refractivity contribution in [2.75, 3.05) is 7.05 Å². The first-order valence-electron chi connectivity index (χ1n) is 4.26. The van der Waals surface area contributed by atoms with Crippen molar-refractivity contribution in [2.24, 2.45) is 0 Å². The molecule has 0 spiro atoms. The van der Waals surface area contributed by atoms with Gasteiger partial charge in [-0.15, -0.1) is 17.4 Å². The Balaban J connectivity index is 2.41. The summed E-state index contributed by atoms with van der Waals surface area (Å²) in [6.07, 6.45) is 8.05. The van der Waals surface area contributed by atoms with Crippen molar-refractivity contribution in [1.29, 1.82) is 0 Å². The summed E-state index contributed by atoms with van der Waals surface area (Å²) in [6, 6.07) is 0.298. The summed E-state index contributed by atoms with van der Waals surface area (Å²) < 4.78 is 3.83. The highest BCUT2D eigenvalue weighted by Gasteiger charge is 2.10. The van der Waals surface area contributed by atoms with Crippen LogP contribution in [0.3, 0.4) is 0 Å². The van der Waals surface area contributed by atoms with E-state index in [4.69, 9.17) is 6.42 Å². The standard InChI is InChI=1S/C9H13N3S/c1-3-4-5-6-8(10-2)9-7-13-12-11-9/h1,7-8,10H,4-6H2,2H3. The normalized spacial score (nSPS) is 12.3. The Kier molecular flexibility index (Phi) is 4.44. The predicted molar refractivity (Wildman–Crippen MR) is 54.4 cm³/mol. The molecule has 0 saturated carbocycles. The van der Waals surface area contributed by atoms with Gasteiger partial charge in [0.05, 0.1) is 11.7 Å². The highest BCUT2D eigenvalue weighted by Crippen LogP contribution is 2.17. The van der Waals surface area contributed by atoms with Crippen LogP contribution in [0.25, 0.3) is 0 Å². The third kappa shape index (κ3) is 3.13. The number of hydrogen-bond acceptors (Lipinski definition) is 4. The summed E-state index contributed by atoms with van der Waals surface area (Å²) >= 11 is 1.38. The number of hydrogen-bond donors (Lipinski definition) is 1. The van der Waals surface area contributed by atoms with Crippen LogP contribution in [0.5, 0.6) is 0 Å². The second-order valence-corrected chi connectivity index (χ2v) is 3.38. The quantitative estimate of drug-likeness (QED) is 0.573. The minimum atomic E-state index is 0.298. The van der Waals surface area contributed by atoms with Crippen LogP contribution in [0.1, 0.15) is 31.0 Å². The lowest BCUT2D eigenvalue weighted by Crippen LogP contribution is -2.16. The van der Waals surface area contributed by atoms with Crippen LogP contribution in [0, 0.1) is 12.3 Å². The fourth-order valence-corrected chi connectivity index (χ4v) is 1.68. The highest BCUT2D eigenvalue weighted by molar-refractivity contribution is 7.03. The Labute approximate surface area is 82.7 Å². The summed E-state index contributed by atoms with van der Waals surface area (Å²) in [5.41, 5.74) is 1.02. The number of aromatic nitrogens is 2. The van der Waals surface area contributed by atoms with E-state index in [1.807, 2.05) is 12.4 Å². The molecule has 1 rings (SSSR count). The molecule has 1 aromatic rings. The van der Waals surface area contributed by atoms with Crippen LogP contribution in [-0.4, -0.2) is 16.6 Å². The average molecular weight is 195 g/mol. The second kappa shape index (κ2) is 5.68. The monoisotopic (exact) mass is 195 g/mol. The molecule has 0 radical (unpaired) electrons. The Bertz CT molecular complexity index is 263. The molecule has 4 heteroatoms. The molecular weight excluding hydrogens is 182 g/mol. The molecule has 0 fully saturated rings. The third-order valence-electron chi connectivity index (χ3n) is 1.90. The first-order chi connectivity index (χ1) is 6.38. The first kappa shape index (κ1) is 10.2. The van der Waals surface area contributed by atoms with Gasteiger partial charge in [-0.2, -0.15) is 0 Å². The molecule has 0 aliphatic carbocycles. The van der Waals surface area contributed by atoms with E-state index in [0.717, 1.165) is 25.0 Å². The lowest BCUT2D eigenvalue weighted by atomic mass is 10.1. The Hall–Kier alpha value is -0.920. The number of nitrogens with one attached hydrogen (secondary N) is 1. The van der Waals surface area contributed by atoms with Crippen molar-refractivity contribution >= 4 is 11.5 Å². The maximum Gasteiger partial charge on any atom is 0.0924 e. The fraction of sp³-hybridized carbons (Fsp3) is 0.556. The summed E-state index contributed by atoms with van der Waals surface area (Å²) in [5, 5.41) is 9.19. The van der Waals surface area contributed by atoms with Gasteiger partial charge in [-0.3, -0.25) is 0 Å². The van der Waals surface area contributed by atoms with Crippen LogP contribution in [0.2, 0.25) is 0 Å². The van der Waals surface area contributed by atoms with E-state index in [1.165, 1.54) is 11.5 Å². The molecular formula is C9H13N3S. The minimum Gasteiger partial charge on any atom is -0.312 e. The summed E-state index contributed by atoms with van der Waals surface area (Å²) in [7, 11) is 1.93. The zero-order valence-corrected chi connectivity index (χ0v) is 8.47. The number of unbranched alkanes of at least 4 members (excludes halogenated alkanes) is 1. The molecule has 0 bridgehead atoms. The molecule has 70 valence electrons. The molecule has 1 heterocycles. The molecule has 0 aliphatic rings. The van der Waals surface area contributed by atoms with E-state index in [1.54, 1.807) is 0 Å². The summed E-state index contributed by atoms with van der Waals surface area (Å²) in [4.78, 5) is 0. The van der Waals surface area contributed by atoms with Crippen LogP contribution in [0.15, 0.2) is 5.38 Å². The SMILES string of the molecule is C#CCCCC(NC)c1csnn1. The van der Waals surface area contributed by atoms with Gasteiger partial charge in [-0.05, 0) is 31.4 Å². The summed E-state index contributed by atoms with van der Waals surface area (Å²) in [6.45, 7) is 0. The maximum atomic E-state index is 5.18. The van der Waals surface area contributed by atoms with Gasteiger partial charge >= 0.3 is 0 Å². The van der Waals surface area contributed by atoms with Crippen molar-refractivity contribution < 1.29 is 0 Å². The lowest BCUT2D eigenvalue weighted by Gasteiger charge is -2.11. The van der Waals surface area contributed by atoms with E-state index < -0.39 is 0 Å². The Morgan fingerprint density at radius 2 is 2.62 bits per heavy atom. The molecule has 0 saturated heterocycles. The molecule has 0 aliphatic heterocycles. The van der Waals surface area contributed by atoms with Gasteiger partial charge in [0.25, 0.3) is 0 Å². The van der Waals surface area contributed by atoms with Gasteiger partial charge in [0.15, 0.2) is 0 Å². The van der Waals surface area contributed by atoms with Crippen molar-refractivity contribution in [3.63, 3.8) is 0 Å². The number of terminal acetylenes is 1. The number of nitrogens with zero attached hydrogens (tertiary/aromatic N) is 2. The molecule has 1 atom stereocenters. The molecule has 1 aromatic heterocycles. The first-order valence-corrected chi connectivity index (χ1v) is 5.09. The topological polar surface area (TPSA) is 37.8 Å². The average Bonchev–Trinajstić information content (AvgIpc) is 2.65. The van der Waals surface area contributed by atoms with Gasteiger partial charge in [-0.25, -0.2) is 0 Å². The van der Waals surface area contributed by atoms with E-state index in [2.05, 4.69) is 20.8 Å². The molecule has 3 nitrogen and oxygen atoms in total. The maximum absolute atomic E-state index is 5.18.